The summed E-state index contributed by atoms with van der Waals surface area (Å²) in [6.07, 6.45) is 4.94. The molecular formula is C23H30O6. The Kier molecular flexibility index (Phi) is 5.65. The molecule has 0 spiro atoms. The number of hydrogen-bond donors (Lipinski definition) is 1. The molecule has 2 heterocycles. The van der Waals surface area contributed by atoms with E-state index >= 15 is 0 Å². The molecule has 0 saturated carbocycles. The van der Waals surface area contributed by atoms with Gasteiger partial charge in [-0.1, -0.05) is 20.3 Å². The van der Waals surface area contributed by atoms with Crippen molar-refractivity contribution in [1.82, 2.24) is 0 Å². The highest BCUT2D eigenvalue weighted by molar-refractivity contribution is 6.06. The molecule has 29 heavy (non-hydrogen) atoms. The standard InChI is InChI=1S/C23H30O6/c1-7-8-14(11-16(24)27-6)17-21-15(9-10-23(4,5)29-21)20(26)18-19(25)12(2)13(3)28-22(17)18/h9-10,12-14,26H,7-8,11H2,1-6H3/t12-,13+,14+/m0/s1. The second-order valence-electron chi connectivity index (χ2n) is 8.49. The largest absolute Gasteiger partial charge is 0.506 e. The van der Waals surface area contributed by atoms with Gasteiger partial charge in [0.1, 0.15) is 34.5 Å². The molecule has 3 atom stereocenters. The quantitative estimate of drug-likeness (QED) is 0.724. The van der Waals surface area contributed by atoms with Crippen LogP contribution in [0.4, 0.5) is 0 Å². The number of ether oxygens (including phenoxy) is 3. The lowest BCUT2D eigenvalue weighted by molar-refractivity contribution is -0.141. The average molecular weight is 402 g/mol. The minimum atomic E-state index is -0.595. The zero-order valence-corrected chi connectivity index (χ0v) is 18.0. The SMILES string of the molecule is CCC[C@H](CC(=O)OC)c1c2c(c(O)c3c1O[C@H](C)[C@H](C)C3=O)C=CC(C)(C)O2. The summed E-state index contributed by atoms with van der Waals surface area (Å²) < 4.78 is 17.3. The van der Waals surface area contributed by atoms with E-state index in [9.17, 15) is 14.7 Å². The highest BCUT2D eigenvalue weighted by Crippen LogP contribution is 2.53. The number of aromatic hydroxyl groups is 1. The minimum Gasteiger partial charge on any atom is -0.506 e. The first-order valence-electron chi connectivity index (χ1n) is 10.2. The van der Waals surface area contributed by atoms with Crippen LogP contribution in [0.2, 0.25) is 0 Å². The lowest BCUT2D eigenvalue weighted by Crippen LogP contribution is -2.36. The molecule has 0 unspecified atom stereocenters. The number of methoxy groups -OCH3 is 1. The van der Waals surface area contributed by atoms with Gasteiger partial charge in [0.15, 0.2) is 5.78 Å². The molecule has 0 fully saturated rings. The van der Waals surface area contributed by atoms with Crippen molar-refractivity contribution in [1.29, 1.82) is 0 Å². The number of phenols is 1. The second kappa shape index (κ2) is 7.73. The van der Waals surface area contributed by atoms with Crippen LogP contribution in [0.5, 0.6) is 17.2 Å². The van der Waals surface area contributed by atoms with Crippen LogP contribution in [0, 0.1) is 5.92 Å². The van der Waals surface area contributed by atoms with Crippen molar-refractivity contribution in [2.45, 2.75) is 71.5 Å². The van der Waals surface area contributed by atoms with Crippen molar-refractivity contribution in [3.05, 3.63) is 22.8 Å². The summed E-state index contributed by atoms with van der Waals surface area (Å²) in [5.74, 6) is -0.445. The van der Waals surface area contributed by atoms with E-state index < -0.39 is 5.60 Å². The van der Waals surface area contributed by atoms with Crippen LogP contribution < -0.4 is 9.47 Å². The van der Waals surface area contributed by atoms with Crippen LogP contribution >= 0.6 is 0 Å². The van der Waals surface area contributed by atoms with Crippen molar-refractivity contribution < 1.29 is 28.9 Å². The number of carbonyl (C=O) groups excluding carboxylic acids is 2. The Bertz CT molecular complexity index is 867. The summed E-state index contributed by atoms with van der Waals surface area (Å²) in [7, 11) is 1.36. The third-order valence-corrected chi connectivity index (χ3v) is 5.82. The number of hydrogen-bond acceptors (Lipinski definition) is 6. The predicted octanol–water partition coefficient (Wildman–Crippen LogP) is 4.62. The van der Waals surface area contributed by atoms with E-state index in [-0.39, 0.29) is 47.4 Å². The van der Waals surface area contributed by atoms with Crippen LogP contribution in [0.3, 0.4) is 0 Å². The first kappa shape index (κ1) is 21.2. The lowest BCUT2D eigenvalue weighted by Gasteiger charge is -2.37. The predicted molar refractivity (Wildman–Crippen MR) is 110 cm³/mol. The van der Waals surface area contributed by atoms with E-state index in [1.165, 1.54) is 7.11 Å². The van der Waals surface area contributed by atoms with E-state index in [2.05, 4.69) is 0 Å². The molecule has 6 nitrogen and oxygen atoms in total. The molecule has 3 rings (SSSR count). The number of fused-ring (bicyclic) bond motifs is 2. The Morgan fingerprint density at radius 2 is 2.00 bits per heavy atom. The number of ketones is 1. The molecular weight excluding hydrogens is 372 g/mol. The molecule has 6 heteroatoms. The Labute approximate surface area is 171 Å². The molecule has 0 bridgehead atoms. The molecule has 0 aliphatic carbocycles. The van der Waals surface area contributed by atoms with Crippen LogP contribution in [-0.4, -0.2) is 35.7 Å². The maximum absolute atomic E-state index is 13.1. The van der Waals surface area contributed by atoms with Crippen molar-refractivity contribution in [2.75, 3.05) is 7.11 Å². The number of benzene rings is 1. The van der Waals surface area contributed by atoms with Gasteiger partial charge in [-0.15, -0.1) is 0 Å². The first-order chi connectivity index (χ1) is 13.6. The average Bonchev–Trinajstić information content (AvgIpc) is 2.65. The maximum atomic E-state index is 13.1. The van der Waals surface area contributed by atoms with Gasteiger partial charge in [-0.05, 0) is 39.3 Å². The molecule has 1 aromatic carbocycles. The number of carbonyl (C=O) groups is 2. The van der Waals surface area contributed by atoms with E-state index in [1.54, 1.807) is 13.0 Å². The van der Waals surface area contributed by atoms with Crippen LogP contribution in [-0.2, 0) is 9.53 Å². The topological polar surface area (TPSA) is 82.1 Å². The minimum absolute atomic E-state index is 0.123. The highest BCUT2D eigenvalue weighted by Gasteiger charge is 2.42. The zero-order chi connectivity index (χ0) is 21.5. The summed E-state index contributed by atoms with van der Waals surface area (Å²) in [6.45, 7) is 9.50. The smallest absolute Gasteiger partial charge is 0.306 e. The van der Waals surface area contributed by atoms with Gasteiger partial charge in [-0.3, -0.25) is 9.59 Å². The Morgan fingerprint density at radius 1 is 1.31 bits per heavy atom. The van der Waals surface area contributed by atoms with Gasteiger partial charge in [0.2, 0.25) is 0 Å². The molecule has 0 radical (unpaired) electrons. The van der Waals surface area contributed by atoms with Crippen LogP contribution in [0.1, 0.15) is 81.3 Å². The highest BCUT2D eigenvalue weighted by atomic mass is 16.5. The molecule has 2 aliphatic heterocycles. The third-order valence-electron chi connectivity index (χ3n) is 5.82. The summed E-state index contributed by atoms with van der Waals surface area (Å²) in [5, 5.41) is 11.0. The van der Waals surface area contributed by atoms with Gasteiger partial charge in [0.05, 0.1) is 25.0 Å². The Morgan fingerprint density at radius 3 is 2.62 bits per heavy atom. The number of rotatable bonds is 5. The number of phenolic OH excluding ortho intramolecular Hbond substituents is 1. The van der Waals surface area contributed by atoms with E-state index in [1.807, 2.05) is 33.8 Å². The molecule has 1 aromatic rings. The third kappa shape index (κ3) is 3.72. The summed E-state index contributed by atoms with van der Waals surface area (Å²) in [4.78, 5) is 25.2. The van der Waals surface area contributed by atoms with Gasteiger partial charge in [-0.25, -0.2) is 0 Å². The summed E-state index contributed by atoms with van der Waals surface area (Å²) in [6, 6.07) is 0. The molecule has 0 saturated heterocycles. The molecule has 2 aliphatic rings. The van der Waals surface area contributed by atoms with Crippen LogP contribution in [0.15, 0.2) is 6.08 Å². The Hall–Kier alpha value is -2.50. The van der Waals surface area contributed by atoms with E-state index in [0.717, 1.165) is 6.42 Å². The van der Waals surface area contributed by atoms with Gasteiger partial charge in [0.25, 0.3) is 0 Å². The maximum Gasteiger partial charge on any atom is 0.306 e. The van der Waals surface area contributed by atoms with Crippen molar-refractivity contribution >= 4 is 17.8 Å². The lowest BCUT2D eigenvalue weighted by atomic mass is 9.81. The summed E-state index contributed by atoms with van der Waals surface area (Å²) in [5.41, 5.74) is 0.720. The van der Waals surface area contributed by atoms with E-state index in [4.69, 9.17) is 14.2 Å². The number of Topliss-reactive ketones (excluding diaryl/α,β-unsaturated/α-hetero) is 1. The summed E-state index contributed by atoms with van der Waals surface area (Å²) >= 11 is 0. The van der Waals surface area contributed by atoms with Crippen LogP contribution in [0.25, 0.3) is 6.08 Å². The van der Waals surface area contributed by atoms with Gasteiger partial charge in [0, 0.05) is 11.5 Å². The molecule has 1 N–H and O–H groups in total. The monoisotopic (exact) mass is 402 g/mol. The number of esters is 1. The first-order valence-corrected chi connectivity index (χ1v) is 10.2. The van der Waals surface area contributed by atoms with Crippen molar-refractivity contribution in [2.24, 2.45) is 5.92 Å². The Balaban J connectivity index is 2.32. The fourth-order valence-electron chi connectivity index (χ4n) is 4.01. The van der Waals surface area contributed by atoms with Crippen molar-refractivity contribution in [3.8, 4) is 17.2 Å². The second-order valence-corrected chi connectivity index (χ2v) is 8.49. The molecule has 0 aromatic heterocycles. The van der Waals surface area contributed by atoms with Crippen molar-refractivity contribution in [3.63, 3.8) is 0 Å². The molecule has 0 amide bonds. The van der Waals surface area contributed by atoms with Gasteiger partial charge < -0.3 is 19.3 Å². The fraction of sp³-hybridized carbons (Fsp3) is 0.565. The zero-order valence-electron chi connectivity index (χ0n) is 18.0. The fourth-order valence-corrected chi connectivity index (χ4v) is 4.01. The normalized spacial score (nSPS) is 22.8. The van der Waals surface area contributed by atoms with E-state index in [0.29, 0.717) is 29.0 Å². The molecule has 158 valence electrons. The van der Waals surface area contributed by atoms with Gasteiger partial charge >= 0.3 is 5.97 Å². The van der Waals surface area contributed by atoms with Gasteiger partial charge in [-0.2, -0.15) is 0 Å².